The second-order valence-corrected chi connectivity index (χ2v) is 5.82. The van der Waals surface area contributed by atoms with Crippen molar-refractivity contribution in [3.8, 4) is 5.75 Å². The monoisotopic (exact) mass is 278 g/mol. The van der Waals surface area contributed by atoms with Crippen molar-refractivity contribution in [3.63, 3.8) is 0 Å². The van der Waals surface area contributed by atoms with Gasteiger partial charge in [0.25, 0.3) is 0 Å². The fraction of sp³-hybridized carbons (Fsp3) is 0.625. The van der Waals surface area contributed by atoms with Crippen molar-refractivity contribution in [2.45, 2.75) is 44.0 Å². The summed E-state index contributed by atoms with van der Waals surface area (Å²) < 4.78 is 16.7. The van der Waals surface area contributed by atoms with Crippen LogP contribution in [-0.2, 0) is 15.1 Å². The summed E-state index contributed by atoms with van der Waals surface area (Å²) in [5.74, 6) is 0.386. The lowest BCUT2D eigenvalue weighted by atomic mass is 9.76. The topological polar surface area (TPSA) is 47.9 Å². The summed E-state index contributed by atoms with van der Waals surface area (Å²) in [6.07, 6.45) is 2.82. The lowest BCUT2D eigenvalue weighted by Crippen LogP contribution is -2.42. The molecule has 2 fully saturated rings. The smallest absolute Gasteiger partial charge is 0.168 e. The van der Waals surface area contributed by atoms with Crippen LogP contribution in [0.5, 0.6) is 5.75 Å². The Morgan fingerprint density at radius 3 is 2.30 bits per heavy atom. The Morgan fingerprint density at radius 1 is 1.10 bits per heavy atom. The fourth-order valence-electron chi connectivity index (χ4n) is 3.38. The number of hydrogen-bond acceptors (Lipinski definition) is 4. The highest BCUT2D eigenvalue weighted by atomic mass is 16.7. The molecule has 1 spiro atoms. The maximum atomic E-state index is 11.0. The first-order chi connectivity index (χ1) is 9.57. The molecule has 0 amide bonds. The third kappa shape index (κ3) is 2.32. The lowest BCUT2D eigenvalue weighted by molar-refractivity contribution is -0.204. The van der Waals surface area contributed by atoms with E-state index in [9.17, 15) is 5.11 Å². The van der Waals surface area contributed by atoms with Gasteiger partial charge in [0.2, 0.25) is 0 Å². The van der Waals surface area contributed by atoms with Crippen molar-refractivity contribution >= 4 is 0 Å². The molecule has 1 aromatic carbocycles. The van der Waals surface area contributed by atoms with Gasteiger partial charge in [0.05, 0.1) is 25.9 Å². The minimum Gasteiger partial charge on any atom is -0.497 e. The van der Waals surface area contributed by atoms with Gasteiger partial charge in [0.15, 0.2) is 5.79 Å². The summed E-state index contributed by atoms with van der Waals surface area (Å²) in [6.45, 7) is 3.35. The molecule has 1 saturated heterocycles. The molecule has 3 rings (SSSR count). The highest BCUT2D eigenvalue weighted by Crippen LogP contribution is 2.45. The van der Waals surface area contributed by atoms with Crippen molar-refractivity contribution in [1.82, 2.24) is 0 Å². The lowest BCUT2D eigenvalue weighted by Gasteiger charge is -2.41. The molecule has 1 heterocycles. The quantitative estimate of drug-likeness (QED) is 0.903. The largest absolute Gasteiger partial charge is 0.497 e. The Balaban J connectivity index is 1.80. The van der Waals surface area contributed by atoms with Crippen LogP contribution in [0.15, 0.2) is 18.2 Å². The van der Waals surface area contributed by atoms with Crippen LogP contribution in [0.25, 0.3) is 0 Å². The zero-order chi connectivity index (χ0) is 14.2. The predicted octanol–water partition coefficient (Wildman–Crippen LogP) is 2.51. The van der Waals surface area contributed by atoms with E-state index in [0.29, 0.717) is 26.1 Å². The van der Waals surface area contributed by atoms with Crippen LogP contribution in [0.4, 0.5) is 0 Å². The highest BCUT2D eigenvalue weighted by Gasteiger charge is 2.46. The molecular weight excluding hydrogens is 256 g/mol. The van der Waals surface area contributed by atoms with E-state index in [1.54, 1.807) is 7.11 Å². The number of aryl methyl sites for hydroxylation is 1. The van der Waals surface area contributed by atoms with E-state index in [2.05, 4.69) is 0 Å². The van der Waals surface area contributed by atoms with E-state index in [1.807, 2.05) is 25.1 Å². The van der Waals surface area contributed by atoms with Gasteiger partial charge in [-0.25, -0.2) is 0 Å². The van der Waals surface area contributed by atoms with E-state index in [0.717, 1.165) is 29.7 Å². The third-order valence-electron chi connectivity index (χ3n) is 4.59. The second-order valence-electron chi connectivity index (χ2n) is 5.82. The summed E-state index contributed by atoms with van der Waals surface area (Å²) in [5, 5.41) is 11.0. The molecule has 0 aromatic heterocycles. The van der Waals surface area contributed by atoms with Crippen molar-refractivity contribution in [1.29, 1.82) is 0 Å². The van der Waals surface area contributed by atoms with Crippen LogP contribution in [0.1, 0.15) is 36.8 Å². The third-order valence-corrected chi connectivity index (χ3v) is 4.59. The van der Waals surface area contributed by atoms with Crippen LogP contribution in [0, 0.1) is 6.92 Å². The standard InChI is InChI=1S/C16H22O4/c1-12-11-13(18-2)3-4-14(12)15(17)5-7-16(8-6-15)19-9-10-20-16/h3-4,11,17H,5-10H2,1-2H3. The van der Waals surface area contributed by atoms with E-state index < -0.39 is 11.4 Å². The highest BCUT2D eigenvalue weighted by molar-refractivity contribution is 5.38. The van der Waals surface area contributed by atoms with Crippen molar-refractivity contribution in [2.75, 3.05) is 20.3 Å². The molecule has 1 aliphatic heterocycles. The van der Waals surface area contributed by atoms with E-state index in [1.165, 1.54) is 0 Å². The van der Waals surface area contributed by atoms with Gasteiger partial charge in [-0.2, -0.15) is 0 Å². The average Bonchev–Trinajstić information content (AvgIpc) is 2.91. The number of hydrogen-bond donors (Lipinski definition) is 1. The first kappa shape index (κ1) is 13.9. The van der Waals surface area contributed by atoms with Gasteiger partial charge in [-0.1, -0.05) is 6.07 Å². The number of benzene rings is 1. The van der Waals surface area contributed by atoms with E-state index >= 15 is 0 Å². The summed E-state index contributed by atoms with van der Waals surface area (Å²) in [6, 6.07) is 5.86. The first-order valence-corrected chi connectivity index (χ1v) is 7.22. The van der Waals surface area contributed by atoms with Crippen LogP contribution in [-0.4, -0.2) is 31.2 Å². The molecule has 1 saturated carbocycles. The van der Waals surface area contributed by atoms with E-state index in [-0.39, 0.29) is 0 Å². The van der Waals surface area contributed by atoms with Crippen LogP contribution >= 0.6 is 0 Å². The van der Waals surface area contributed by atoms with Gasteiger partial charge in [-0.15, -0.1) is 0 Å². The summed E-state index contributed by atoms with van der Waals surface area (Å²) in [7, 11) is 1.66. The minimum atomic E-state index is -0.781. The van der Waals surface area contributed by atoms with Crippen LogP contribution in [0.3, 0.4) is 0 Å². The molecule has 0 unspecified atom stereocenters. The minimum absolute atomic E-state index is 0.438. The molecule has 1 aromatic rings. The molecule has 4 heteroatoms. The molecule has 0 bridgehead atoms. The Hall–Kier alpha value is -1.10. The van der Waals surface area contributed by atoms with Gasteiger partial charge in [0.1, 0.15) is 5.75 Å². The summed E-state index contributed by atoms with van der Waals surface area (Å²) in [4.78, 5) is 0. The molecule has 1 aliphatic carbocycles. The zero-order valence-electron chi connectivity index (χ0n) is 12.1. The molecule has 2 aliphatic rings. The molecule has 0 radical (unpaired) electrons. The SMILES string of the molecule is COc1ccc(C2(O)CCC3(CC2)OCCO3)c(C)c1. The molecule has 4 nitrogen and oxygen atoms in total. The Bertz CT molecular complexity index is 481. The van der Waals surface area contributed by atoms with Gasteiger partial charge >= 0.3 is 0 Å². The first-order valence-electron chi connectivity index (χ1n) is 7.22. The second kappa shape index (κ2) is 5.02. The number of ether oxygens (including phenoxy) is 3. The van der Waals surface area contributed by atoms with Gasteiger partial charge in [-0.3, -0.25) is 0 Å². The van der Waals surface area contributed by atoms with Crippen LogP contribution in [0.2, 0.25) is 0 Å². The molecular formula is C16H22O4. The average molecular weight is 278 g/mol. The normalized spacial score (nSPS) is 23.9. The van der Waals surface area contributed by atoms with Gasteiger partial charge < -0.3 is 19.3 Å². The maximum absolute atomic E-state index is 11.0. The zero-order valence-corrected chi connectivity index (χ0v) is 12.1. The van der Waals surface area contributed by atoms with Gasteiger partial charge in [-0.05, 0) is 43.0 Å². The van der Waals surface area contributed by atoms with E-state index in [4.69, 9.17) is 14.2 Å². The van der Waals surface area contributed by atoms with Crippen molar-refractivity contribution < 1.29 is 19.3 Å². The summed E-state index contributed by atoms with van der Waals surface area (Å²) in [5.41, 5.74) is 1.28. The van der Waals surface area contributed by atoms with Crippen molar-refractivity contribution in [3.05, 3.63) is 29.3 Å². The fourth-order valence-corrected chi connectivity index (χ4v) is 3.38. The van der Waals surface area contributed by atoms with Crippen LogP contribution < -0.4 is 4.74 Å². The number of aliphatic hydroxyl groups is 1. The molecule has 0 atom stereocenters. The Labute approximate surface area is 119 Å². The summed E-state index contributed by atoms with van der Waals surface area (Å²) >= 11 is 0. The molecule has 20 heavy (non-hydrogen) atoms. The molecule has 110 valence electrons. The number of rotatable bonds is 2. The molecule has 1 N–H and O–H groups in total. The number of methoxy groups -OCH3 is 1. The predicted molar refractivity (Wildman–Crippen MR) is 74.7 cm³/mol. The van der Waals surface area contributed by atoms with Crippen molar-refractivity contribution in [2.24, 2.45) is 0 Å². The Morgan fingerprint density at radius 2 is 1.75 bits per heavy atom. The maximum Gasteiger partial charge on any atom is 0.168 e. The van der Waals surface area contributed by atoms with Gasteiger partial charge in [0, 0.05) is 12.8 Å². The Kier molecular flexibility index (Phi) is 3.48.